The van der Waals surface area contributed by atoms with Crippen molar-refractivity contribution < 1.29 is 27.8 Å². The third kappa shape index (κ3) is 4.05. The van der Waals surface area contributed by atoms with Crippen LogP contribution in [0.1, 0.15) is 41.4 Å². The van der Waals surface area contributed by atoms with Gasteiger partial charge in [0.25, 0.3) is 0 Å². The van der Waals surface area contributed by atoms with Gasteiger partial charge in [-0.25, -0.2) is 9.78 Å². The van der Waals surface area contributed by atoms with Gasteiger partial charge in [-0.3, -0.25) is 4.57 Å². The normalized spacial score (nSPS) is 12.5. The van der Waals surface area contributed by atoms with E-state index >= 15 is 0 Å². The Morgan fingerprint density at radius 3 is 2.59 bits per heavy atom. The van der Waals surface area contributed by atoms with E-state index in [0.29, 0.717) is 23.5 Å². The minimum atomic E-state index is -4.31. The van der Waals surface area contributed by atoms with E-state index in [1.54, 1.807) is 6.92 Å². The van der Waals surface area contributed by atoms with Crippen molar-refractivity contribution in [1.29, 1.82) is 5.26 Å². The Morgan fingerprint density at radius 1 is 1.44 bits per heavy atom. The third-order valence-corrected chi connectivity index (χ3v) is 4.16. The molecule has 1 atom stereocenters. The lowest BCUT2D eigenvalue weighted by molar-refractivity contribution is -0.169. The second-order valence-electron chi connectivity index (χ2n) is 5.98. The molecule has 1 heterocycles. The number of aryl methyl sites for hydroxylation is 1. The number of hydrogen-bond acceptors (Lipinski definition) is 4. The first-order valence-corrected chi connectivity index (χ1v) is 8.13. The van der Waals surface area contributed by atoms with E-state index in [0.717, 1.165) is 6.92 Å². The van der Waals surface area contributed by atoms with Gasteiger partial charge in [0.05, 0.1) is 18.7 Å². The Hall–Kier alpha value is -3.02. The van der Waals surface area contributed by atoms with Gasteiger partial charge in [0.1, 0.15) is 17.6 Å². The second-order valence-corrected chi connectivity index (χ2v) is 5.98. The molecular weight excluding hydrogens is 363 g/mol. The summed E-state index contributed by atoms with van der Waals surface area (Å²) in [5.74, 6) is -2.31. The fourth-order valence-electron chi connectivity index (χ4n) is 2.72. The number of carboxylic acids is 1. The number of aromatic carboxylic acids is 1. The summed E-state index contributed by atoms with van der Waals surface area (Å²) in [5.41, 5.74) is 0.199. The number of nitrogens with zero attached hydrogens (tertiary/aromatic N) is 3. The van der Waals surface area contributed by atoms with E-state index in [4.69, 9.17) is 4.74 Å². The summed E-state index contributed by atoms with van der Waals surface area (Å²) in [6.07, 6.45) is -4.19. The molecule has 9 heteroatoms. The fourth-order valence-corrected chi connectivity index (χ4v) is 2.72. The summed E-state index contributed by atoms with van der Waals surface area (Å²) in [6, 6.07) is 6.29. The van der Waals surface area contributed by atoms with Gasteiger partial charge in [0.2, 0.25) is 0 Å². The SMILES string of the molecule is CCc1nc(C(=O)O)c(C#N)n1-c1ccc(CC(C)C(F)(F)F)cc1OC. The molecule has 2 aromatic rings. The molecule has 0 saturated heterocycles. The van der Waals surface area contributed by atoms with Crippen LogP contribution in [0.25, 0.3) is 5.69 Å². The van der Waals surface area contributed by atoms with E-state index in [-0.39, 0.29) is 23.6 Å². The molecule has 0 amide bonds. The van der Waals surface area contributed by atoms with Crippen molar-refractivity contribution in [2.45, 2.75) is 32.9 Å². The molecule has 1 N–H and O–H groups in total. The first-order chi connectivity index (χ1) is 12.6. The maximum Gasteiger partial charge on any atom is 0.391 e. The lowest BCUT2D eigenvalue weighted by atomic mass is 10.00. The van der Waals surface area contributed by atoms with E-state index in [2.05, 4.69) is 4.98 Å². The molecule has 0 fully saturated rings. The van der Waals surface area contributed by atoms with E-state index in [1.807, 2.05) is 6.07 Å². The van der Waals surface area contributed by atoms with Crippen LogP contribution in [0.15, 0.2) is 18.2 Å². The number of imidazole rings is 1. The molecule has 0 aliphatic carbocycles. The summed E-state index contributed by atoms with van der Waals surface area (Å²) in [4.78, 5) is 15.3. The number of ether oxygens (including phenoxy) is 1. The van der Waals surface area contributed by atoms with Gasteiger partial charge in [0.15, 0.2) is 11.4 Å². The number of carboxylic acid groups (broad SMARTS) is 1. The average molecular weight is 381 g/mol. The highest BCUT2D eigenvalue weighted by atomic mass is 19.4. The van der Waals surface area contributed by atoms with Crippen molar-refractivity contribution in [2.75, 3.05) is 7.11 Å². The summed E-state index contributed by atoms with van der Waals surface area (Å²) in [5, 5.41) is 18.7. The maximum atomic E-state index is 12.8. The van der Waals surface area contributed by atoms with Crippen LogP contribution in [-0.4, -0.2) is 33.9 Å². The maximum absolute atomic E-state index is 12.8. The summed E-state index contributed by atoms with van der Waals surface area (Å²) < 4.78 is 45.1. The Bertz CT molecular complexity index is 898. The Labute approximate surface area is 153 Å². The standard InChI is InChI=1S/C18H18F3N3O3/c1-4-15-23-16(17(25)26)13(9-22)24(15)12-6-5-11(8-14(12)27-3)7-10(2)18(19,20)21/h5-6,8,10H,4,7H2,1-3H3,(H,25,26). The van der Waals surface area contributed by atoms with Gasteiger partial charge >= 0.3 is 12.1 Å². The lowest BCUT2D eigenvalue weighted by Crippen LogP contribution is -2.21. The number of benzene rings is 1. The smallest absolute Gasteiger partial charge is 0.391 e. The van der Waals surface area contributed by atoms with Crippen LogP contribution in [0.2, 0.25) is 0 Å². The number of alkyl halides is 3. The van der Waals surface area contributed by atoms with Gasteiger partial charge in [-0.15, -0.1) is 0 Å². The quantitative estimate of drug-likeness (QED) is 0.823. The molecule has 0 aliphatic rings. The molecule has 27 heavy (non-hydrogen) atoms. The van der Waals surface area contributed by atoms with Crippen LogP contribution in [0.4, 0.5) is 13.2 Å². The topological polar surface area (TPSA) is 88.1 Å². The predicted octanol–water partition coefficient (Wildman–Crippen LogP) is 3.75. The van der Waals surface area contributed by atoms with Gasteiger partial charge in [-0.2, -0.15) is 18.4 Å². The molecule has 0 radical (unpaired) electrons. The van der Waals surface area contributed by atoms with Crippen LogP contribution in [0.5, 0.6) is 5.75 Å². The number of methoxy groups -OCH3 is 1. The Balaban J connectivity index is 2.58. The molecule has 2 rings (SSSR count). The molecule has 0 saturated carbocycles. The number of halogens is 3. The highest BCUT2D eigenvalue weighted by Gasteiger charge is 2.35. The summed E-state index contributed by atoms with van der Waals surface area (Å²) >= 11 is 0. The van der Waals surface area contributed by atoms with Crippen LogP contribution in [0, 0.1) is 17.2 Å². The van der Waals surface area contributed by atoms with Gasteiger partial charge in [-0.1, -0.05) is 19.9 Å². The van der Waals surface area contributed by atoms with Crippen LogP contribution < -0.4 is 4.74 Å². The largest absolute Gasteiger partial charge is 0.495 e. The highest BCUT2D eigenvalue weighted by molar-refractivity contribution is 5.88. The van der Waals surface area contributed by atoms with Gasteiger partial charge in [0, 0.05) is 6.42 Å². The van der Waals surface area contributed by atoms with E-state index in [1.165, 1.54) is 29.9 Å². The van der Waals surface area contributed by atoms with Gasteiger partial charge in [-0.05, 0) is 24.1 Å². The zero-order valence-corrected chi connectivity index (χ0v) is 15.0. The van der Waals surface area contributed by atoms with E-state index < -0.39 is 18.1 Å². The number of nitriles is 1. The average Bonchev–Trinajstić information content (AvgIpc) is 2.99. The van der Waals surface area contributed by atoms with E-state index in [9.17, 15) is 28.3 Å². The Morgan fingerprint density at radius 2 is 2.11 bits per heavy atom. The molecule has 144 valence electrons. The molecule has 0 aliphatic heterocycles. The number of carbonyl (C=O) groups is 1. The van der Waals surface area contributed by atoms with Crippen molar-refractivity contribution in [1.82, 2.24) is 9.55 Å². The molecule has 0 spiro atoms. The zero-order chi connectivity index (χ0) is 20.4. The van der Waals surface area contributed by atoms with Crippen molar-refractivity contribution in [2.24, 2.45) is 5.92 Å². The second kappa shape index (κ2) is 7.70. The first kappa shape index (κ1) is 20.3. The molecule has 0 bridgehead atoms. The van der Waals surface area contributed by atoms with Crippen molar-refractivity contribution in [3.8, 4) is 17.5 Å². The highest BCUT2D eigenvalue weighted by Crippen LogP contribution is 2.32. The molecular formula is C18H18F3N3O3. The minimum absolute atomic E-state index is 0.172. The van der Waals surface area contributed by atoms with Gasteiger partial charge < -0.3 is 9.84 Å². The first-order valence-electron chi connectivity index (χ1n) is 8.13. The number of aromatic nitrogens is 2. The van der Waals surface area contributed by atoms with Crippen molar-refractivity contribution >= 4 is 5.97 Å². The van der Waals surface area contributed by atoms with Crippen molar-refractivity contribution in [3.63, 3.8) is 0 Å². The monoisotopic (exact) mass is 381 g/mol. The molecule has 6 nitrogen and oxygen atoms in total. The van der Waals surface area contributed by atoms with Crippen LogP contribution in [0.3, 0.4) is 0 Å². The Kier molecular flexibility index (Phi) is 5.78. The fraction of sp³-hybridized carbons (Fsp3) is 0.389. The molecule has 1 aromatic carbocycles. The predicted molar refractivity (Wildman–Crippen MR) is 90.1 cm³/mol. The van der Waals surface area contributed by atoms with Crippen molar-refractivity contribution in [3.05, 3.63) is 41.0 Å². The van der Waals surface area contributed by atoms with Crippen LogP contribution >= 0.6 is 0 Å². The van der Waals surface area contributed by atoms with Crippen LogP contribution in [-0.2, 0) is 12.8 Å². The zero-order valence-electron chi connectivity index (χ0n) is 15.0. The molecule has 1 aromatic heterocycles. The summed E-state index contributed by atoms with van der Waals surface area (Å²) in [6.45, 7) is 2.84. The molecule has 1 unspecified atom stereocenters. The minimum Gasteiger partial charge on any atom is -0.495 e. The lowest BCUT2D eigenvalue weighted by Gasteiger charge is -2.18. The third-order valence-electron chi connectivity index (χ3n) is 4.16. The summed E-state index contributed by atoms with van der Waals surface area (Å²) in [7, 11) is 1.35. The number of rotatable bonds is 6. The number of hydrogen-bond donors (Lipinski definition) is 1.